The highest BCUT2D eigenvalue weighted by Crippen LogP contribution is 2.38. The van der Waals surface area contributed by atoms with E-state index in [0.717, 1.165) is 38.5 Å². The molecule has 10 heteroatoms. The van der Waals surface area contributed by atoms with Crippen molar-refractivity contribution in [3.05, 3.63) is 32.9 Å². The van der Waals surface area contributed by atoms with Crippen LogP contribution in [0.3, 0.4) is 0 Å². The summed E-state index contributed by atoms with van der Waals surface area (Å²) >= 11 is 2.09. The first-order valence-electron chi connectivity index (χ1n) is 13.9. The molecule has 0 spiro atoms. The molecule has 0 bridgehead atoms. The predicted molar refractivity (Wildman–Crippen MR) is 156 cm³/mol. The number of methoxy groups -OCH3 is 1. The van der Waals surface area contributed by atoms with Crippen molar-refractivity contribution in [2.75, 3.05) is 20.3 Å². The van der Waals surface area contributed by atoms with Crippen molar-refractivity contribution in [1.82, 2.24) is 10.2 Å². The van der Waals surface area contributed by atoms with E-state index in [1.54, 1.807) is 18.2 Å². The first-order chi connectivity index (χ1) is 18.7. The van der Waals surface area contributed by atoms with Crippen molar-refractivity contribution in [3.63, 3.8) is 0 Å². The van der Waals surface area contributed by atoms with Crippen molar-refractivity contribution >= 4 is 34.4 Å². The van der Waals surface area contributed by atoms with Gasteiger partial charge < -0.3 is 35.0 Å². The highest BCUT2D eigenvalue weighted by Gasteiger charge is 2.43. The Hall–Kier alpha value is -1.89. The second-order valence-corrected chi connectivity index (χ2v) is 12.0. The Balaban J connectivity index is 2.03. The summed E-state index contributed by atoms with van der Waals surface area (Å²) in [5, 5.41) is 33.3. The molecule has 1 aromatic carbocycles. The fraction of sp³-hybridized carbons (Fsp3) is 0.655. The lowest BCUT2D eigenvalue weighted by Crippen LogP contribution is -2.58. The lowest BCUT2D eigenvalue weighted by atomic mass is 9.86. The maximum absolute atomic E-state index is 13.7. The summed E-state index contributed by atoms with van der Waals surface area (Å²) in [6.07, 6.45) is 6.16. The highest BCUT2D eigenvalue weighted by atomic mass is 127. The van der Waals surface area contributed by atoms with E-state index in [-0.39, 0.29) is 50.0 Å². The van der Waals surface area contributed by atoms with Gasteiger partial charge in [-0.3, -0.25) is 9.59 Å². The van der Waals surface area contributed by atoms with Gasteiger partial charge in [-0.15, -0.1) is 0 Å². The summed E-state index contributed by atoms with van der Waals surface area (Å²) < 4.78 is 12.6. The molecule has 2 aliphatic carbocycles. The number of amides is 2. The number of nitrogens with one attached hydrogen (secondary N) is 1. The van der Waals surface area contributed by atoms with Crippen LogP contribution in [0.4, 0.5) is 0 Å². The van der Waals surface area contributed by atoms with Gasteiger partial charge in [0, 0.05) is 31.0 Å². The standard InChI is InChI=1S/C29H43IN2O7/c1-18(2)12-26(35)32(21-8-6-4-5-7-9-21)23-15-20(29(37)31-10-11-33)16-24(27(23)36)39-28-22(30)13-19(17-34)14-25(28)38-3/h13-14,16,18,21,23-24,27,33-34,36H,4-12,15,17H2,1-3H3,(H,31,37). The van der Waals surface area contributed by atoms with Crippen LogP contribution in [-0.4, -0.2) is 76.6 Å². The molecule has 3 rings (SSSR count). The number of hydrogen-bond donors (Lipinski definition) is 4. The normalized spacial score (nSPS) is 22.2. The Labute approximate surface area is 245 Å². The van der Waals surface area contributed by atoms with Gasteiger partial charge in [0.1, 0.15) is 12.2 Å². The van der Waals surface area contributed by atoms with E-state index >= 15 is 0 Å². The summed E-state index contributed by atoms with van der Waals surface area (Å²) in [5.74, 6) is 0.565. The van der Waals surface area contributed by atoms with E-state index in [1.165, 1.54) is 7.11 Å². The zero-order valence-electron chi connectivity index (χ0n) is 23.2. The minimum absolute atomic E-state index is 0.0163. The van der Waals surface area contributed by atoms with Gasteiger partial charge >= 0.3 is 0 Å². The largest absolute Gasteiger partial charge is 0.493 e. The van der Waals surface area contributed by atoms with Crippen LogP contribution in [0.15, 0.2) is 23.8 Å². The molecule has 4 N–H and O–H groups in total. The van der Waals surface area contributed by atoms with Gasteiger partial charge in [0.05, 0.1) is 29.9 Å². The molecule has 0 heterocycles. The molecule has 1 fully saturated rings. The fourth-order valence-corrected chi connectivity index (χ4v) is 6.31. The average Bonchev–Trinajstić information content (AvgIpc) is 3.19. The van der Waals surface area contributed by atoms with Gasteiger partial charge in [-0.1, -0.05) is 39.5 Å². The molecular formula is C29H43IN2O7. The zero-order valence-corrected chi connectivity index (χ0v) is 25.4. The Bertz CT molecular complexity index is 1010. The summed E-state index contributed by atoms with van der Waals surface area (Å²) in [6, 6.07) is 2.78. The molecule has 3 atom stereocenters. The molecule has 1 aromatic rings. The predicted octanol–water partition coefficient (Wildman–Crippen LogP) is 3.31. The number of aliphatic hydroxyl groups excluding tert-OH is 3. The fourth-order valence-electron chi connectivity index (χ4n) is 5.51. The Morgan fingerprint density at radius 1 is 1.15 bits per heavy atom. The molecular weight excluding hydrogens is 615 g/mol. The second kappa shape index (κ2) is 15.2. The van der Waals surface area contributed by atoms with Gasteiger partial charge in [-0.2, -0.15) is 0 Å². The summed E-state index contributed by atoms with van der Waals surface area (Å²) in [7, 11) is 1.50. The number of ether oxygens (including phenoxy) is 2. The van der Waals surface area contributed by atoms with Gasteiger partial charge in [0.15, 0.2) is 11.5 Å². The maximum atomic E-state index is 13.7. The number of aliphatic hydroxyl groups is 3. The van der Waals surface area contributed by atoms with Crippen LogP contribution in [0.1, 0.15) is 70.8 Å². The average molecular weight is 659 g/mol. The smallest absolute Gasteiger partial charge is 0.247 e. The monoisotopic (exact) mass is 658 g/mol. The lowest BCUT2D eigenvalue weighted by Gasteiger charge is -2.44. The molecule has 1 saturated carbocycles. The van der Waals surface area contributed by atoms with E-state index in [2.05, 4.69) is 27.9 Å². The third-order valence-corrected chi connectivity index (χ3v) is 8.19. The van der Waals surface area contributed by atoms with Gasteiger partial charge in [0.2, 0.25) is 11.8 Å². The van der Waals surface area contributed by atoms with E-state index < -0.39 is 18.2 Å². The van der Waals surface area contributed by atoms with Crippen LogP contribution in [0.2, 0.25) is 0 Å². The lowest BCUT2D eigenvalue weighted by molar-refractivity contribution is -0.143. The van der Waals surface area contributed by atoms with Crippen LogP contribution in [0.25, 0.3) is 0 Å². The molecule has 2 aliphatic rings. The van der Waals surface area contributed by atoms with Crippen molar-refractivity contribution in [1.29, 1.82) is 0 Å². The molecule has 0 saturated heterocycles. The van der Waals surface area contributed by atoms with Crippen LogP contribution in [-0.2, 0) is 16.2 Å². The second-order valence-electron chi connectivity index (χ2n) is 10.8. The third kappa shape index (κ3) is 8.31. The van der Waals surface area contributed by atoms with Gasteiger partial charge in [-0.25, -0.2) is 0 Å². The Kier molecular flexibility index (Phi) is 12.3. The summed E-state index contributed by atoms with van der Waals surface area (Å²) in [4.78, 5) is 28.7. The number of benzene rings is 1. The molecule has 0 radical (unpaired) electrons. The number of hydrogen-bond acceptors (Lipinski definition) is 7. The Morgan fingerprint density at radius 3 is 2.44 bits per heavy atom. The molecule has 218 valence electrons. The molecule has 0 aliphatic heterocycles. The molecule has 3 unspecified atom stereocenters. The maximum Gasteiger partial charge on any atom is 0.247 e. The first-order valence-corrected chi connectivity index (χ1v) is 15.0. The summed E-state index contributed by atoms with van der Waals surface area (Å²) in [6.45, 7) is 3.75. The van der Waals surface area contributed by atoms with Crippen molar-refractivity contribution < 1.29 is 34.4 Å². The highest BCUT2D eigenvalue weighted by molar-refractivity contribution is 14.1. The van der Waals surface area contributed by atoms with Crippen molar-refractivity contribution in [3.8, 4) is 11.5 Å². The Morgan fingerprint density at radius 2 is 1.85 bits per heavy atom. The zero-order chi connectivity index (χ0) is 28.5. The topological polar surface area (TPSA) is 129 Å². The summed E-state index contributed by atoms with van der Waals surface area (Å²) in [5.41, 5.74) is 1.06. The minimum atomic E-state index is -1.09. The van der Waals surface area contributed by atoms with Crippen LogP contribution in [0.5, 0.6) is 11.5 Å². The minimum Gasteiger partial charge on any atom is -0.493 e. The van der Waals surface area contributed by atoms with Crippen LogP contribution < -0.4 is 14.8 Å². The molecule has 39 heavy (non-hydrogen) atoms. The van der Waals surface area contributed by atoms with Gasteiger partial charge in [0.25, 0.3) is 0 Å². The van der Waals surface area contributed by atoms with Gasteiger partial charge in [-0.05, 0) is 65.1 Å². The van der Waals surface area contributed by atoms with E-state index in [1.807, 2.05) is 18.7 Å². The third-order valence-electron chi connectivity index (χ3n) is 7.39. The quantitative estimate of drug-likeness (QED) is 0.212. The van der Waals surface area contributed by atoms with Crippen molar-refractivity contribution in [2.45, 2.75) is 96.1 Å². The molecule has 0 aromatic heterocycles. The number of nitrogens with zero attached hydrogens (tertiary/aromatic N) is 1. The van der Waals surface area contributed by atoms with E-state index in [4.69, 9.17) is 9.47 Å². The van der Waals surface area contributed by atoms with Crippen LogP contribution >= 0.6 is 22.6 Å². The van der Waals surface area contributed by atoms with Crippen LogP contribution in [0, 0.1) is 9.49 Å². The number of halogens is 1. The number of carbonyl (C=O) groups excluding carboxylic acids is 2. The molecule has 2 amide bonds. The molecule has 9 nitrogen and oxygen atoms in total. The van der Waals surface area contributed by atoms with E-state index in [9.17, 15) is 24.9 Å². The number of rotatable bonds is 11. The number of carbonyl (C=O) groups is 2. The van der Waals surface area contributed by atoms with Crippen molar-refractivity contribution in [2.24, 2.45) is 5.92 Å². The SMILES string of the molecule is COc1cc(CO)cc(I)c1OC1C=C(C(=O)NCCO)CC(N(C(=O)CC(C)C)C2CCCCCC2)C1O. The van der Waals surface area contributed by atoms with E-state index in [0.29, 0.717) is 32.6 Å². The first kappa shape index (κ1) is 31.6.